The molecule has 2 amide bonds. The predicted octanol–water partition coefficient (Wildman–Crippen LogP) is 0.618. The number of Topliss-reactive ketones (excluding diaryl/α,β-unsaturated/α-hetero) is 1. The Kier molecular flexibility index (Phi) is 6.46. The number of carbonyl (C=O) groups is 3. The van der Waals surface area contributed by atoms with Crippen molar-refractivity contribution in [1.82, 2.24) is 5.32 Å². The molecule has 5 heteroatoms. The Labute approximate surface area is 102 Å². The summed E-state index contributed by atoms with van der Waals surface area (Å²) in [6.45, 7) is 7.03. The Bertz CT molecular complexity index is 300. The van der Waals surface area contributed by atoms with Gasteiger partial charge in [-0.2, -0.15) is 0 Å². The van der Waals surface area contributed by atoms with Crippen molar-refractivity contribution in [2.24, 2.45) is 17.6 Å². The van der Waals surface area contributed by atoms with Crippen LogP contribution >= 0.6 is 0 Å². The SMILES string of the molecule is CC(=O)[C@H](CC(C)C)NC(=O)[C@@H](C)CC(N)=O. The van der Waals surface area contributed by atoms with Crippen molar-refractivity contribution in [2.45, 2.75) is 46.6 Å². The molecule has 5 nitrogen and oxygen atoms in total. The van der Waals surface area contributed by atoms with Crippen molar-refractivity contribution in [1.29, 1.82) is 0 Å². The standard InChI is InChI=1S/C12H22N2O3/c1-7(2)5-10(9(4)15)14-12(17)8(3)6-11(13)16/h7-8,10H,5-6H2,1-4H3,(H2,13,16)(H,14,17)/t8-,10-/m0/s1. The summed E-state index contributed by atoms with van der Waals surface area (Å²) in [7, 11) is 0. The van der Waals surface area contributed by atoms with Gasteiger partial charge >= 0.3 is 0 Å². The molecule has 0 unspecified atom stereocenters. The highest BCUT2D eigenvalue weighted by atomic mass is 16.2. The fraction of sp³-hybridized carbons (Fsp3) is 0.750. The number of ketones is 1. The Morgan fingerprint density at radius 2 is 1.71 bits per heavy atom. The molecule has 0 heterocycles. The third kappa shape index (κ3) is 6.71. The second kappa shape index (κ2) is 7.04. The van der Waals surface area contributed by atoms with Crippen LogP contribution in [0.1, 0.15) is 40.5 Å². The number of rotatable bonds is 7. The second-order valence-electron chi connectivity index (χ2n) is 4.87. The van der Waals surface area contributed by atoms with Crippen LogP contribution in [0.15, 0.2) is 0 Å². The van der Waals surface area contributed by atoms with E-state index in [-0.39, 0.29) is 18.1 Å². The van der Waals surface area contributed by atoms with Crippen molar-refractivity contribution in [3.8, 4) is 0 Å². The Hall–Kier alpha value is -1.39. The number of hydrogen-bond acceptors (Lipinski definition) is 3. The second-order valence-corrected chi connectivity index (χ2v) is 4.87. The van der Waals surface area contributed by atoms with Crippen LogP contribution in [0.3, 0.4) is 0 Å². The maximum absolute atomic E-state index is 11.7. The number of carbonyl (C=O) groups excluding carboxylic acids is 3. The number of primary amides is 1. The van der Waals surface area contributed by atoms with E-state index < -0.39 is 17.9 Å². The molecule has 0 saturated carbocycles. The van der Waals surface area contributed by atoms with Gasteiger partial charge in [0.1, 0.15) is 0 Å². The number of amides is 2. The minimum atomic E-state index is -0.518. The lowest BCUT2D eigenvalue weighted by Gasteiger charge is -2.20. The van der Waals surface area contributed by atoms with Gasteiger partial charge in [-0.3, -0.25) is 14.4 Å². The van der Waals surface area contributed by atoms with Crippen LogP contribution < -0.4 is 11.1 Å². The van der Waals surface area contributed by atoms with Crippen LogP contribution in [-0.2, 0) is 14.4 Å². The average Bonchev–Trinajstić information content (AvgIpc) is 2.14. The molecule has 0 aliphatic rings. The van der Waals surface area contributed by atoms with Crippen LogP contribution in [0.5, 0.6) is 0 Å². The van der Waals surface area contributed by atoms with Gasteiger partial charge in [0, 0.05) is 12.3 Å². The van der Waals surface area contributed by atoms with Crippen LogP contribution in [0, 0.1) is 11.8 Å². The van der Waals surface area contributed by atoms with E-state index in [2.05, 4.69) is 5.32 Å². The Morgan fingerprint density at radius 1 is 1.18 bits per heavy atom. The smallest absolute Gasteiger partial charge is 0.223 e. The molecule has 0 aliphatic carbocycles. The third-order valence-electron chi connectivity index (χ3n) is 2.47. The largest absolute Gasteiger partial charge is 0.370 e. The van der Waals surface area contributed by atoms with Gasteiger partial charge in [-0.1, -0.05) is 20.8 Å². The van der Waals surface area contributed by atoms with Gasteiger partial charge in [0.2, 0.25) is 11.8 Å². The average molecular weight is 242 g/mol. The summed E-state index contributed by atoms with van der Waals surface area (Å²) >= 11 is 0. The summed E-state index contributed by atoms with van der Waals surface area (Å²) < 4.78 is 0. The van der Waals surface area contributed by atoms with Crippen LogP contribution in [0.2, 0.25) is 0 Å². The molecule has 3 N–H and O–H groups in total. The lowest BCUT2D eigenvalue weighted by atomic mass is 9.99. The van der Waals surface area contributed by atoms with Gasteiger partial charge < -0.3 is 11.1 Å². The quantitative estimate of drug-likeness (QED) is 0.685. The zero-order chi connectivity index (χ0) is 13.6. The molecular weight excluding hydrogens is 220 g/mol. The minimum Gasteiger partial charge on any atom is -0.370 e. The monoisotopic (exact) mass is 242 g/mol. The van der Waals surface area contributed by atoms with E-state index in [4.69, 9.17) is 5.73 Å². The molecule has 0 rings (SSSR count). The van der Waals surface area contributed by atoms with Crippen molar-refractivity contribution < 1.29 is 14.4 Å². The molecule has 17 heavy (non-hydrogen) atoms. The molecule has 2 atom stereocenters. The van der Waals surface area contributed by atoms with E-state index in [0.29, 0.717) is 12.3 Å². The number of nitrogens with one attached hydrogen (secondary N) is 1. The van der Waals surface area contributed by atoms with Gasteiger partial charge in [-0.15, -0.1) is 0 Å². The lowest BCUT2D eigenvalue weighted by molar-refractivity contribution is -0.131. The summed E-state index contributed by atoms with van der Waals surface area (Å²) in [5.41, 5.74) is 5.02. The maximum Gasteiger partial charge on any atom is 0.223 e. The fourth-order valence-corrected chi connectivity index (χ4v) is 1.51. The summed E-state index contributed by atoms with van der Waals surface area (Å²) in [6.07, 6.45) is 0.600. The molecule has 0 bridgehead atoms. The minimum absolute atomic E-state index is 0.00185. The summed E-state index contributed by atoms with van der Waals surface area (Å²) in [5, 5.41) is 2.66. The number of nitrogens with two attached hydrogens (primary N) is 1. The zero-order valence-electron chi connectivity index (χ0n) is 10.9. The topological polar surface area (TPSA) is 89.3 Å². The number of hydrogen-bond donors (Lipinski definition) is 2. The van der Waals surface area contributed by atoms with Crippen LogP contribution in [0.25, 0.3) is 0 Å². The van der Waals surface area contributed by atoms with E-state index in [0.717, 1.165) is 0 Å². The van der Waals surface area contributed by atoms with Gasteiger partial charge in [-0.25, -0.2) is 0 Å². The van der Waals surface area contributed by atoms with Crippen LogP contribution in [0.4, 0.5) is 0 Å². The molecule has 0 radical (unpaired) electrons. The molecule has 0 aliphatic heterocycles. The van der Waals surface area contributed by atoms with Gasteiger partial charge in [0.15, 0.2) is 5.78 Å². The first-order valence-corrected chi connectivity index (χ1v) is 5.83. The van der Waals surface area contributed by atoms with E-state index in [1.807, 2.05) is 13.8 Å². The van der Waals surface area contributed by atoms with Gasteiger partial charge in [-0.05, 0) is 19.3 Å². The molecule has 0 aromatic rings. The van der Waals surface area contributed by atoms with Crippen molar-refractivity contribution in [3.63, 3.8) is 0 Å². The van der Waals surface area contributed by atoms with E-state index in [9.17, 15) is 14.4 Å². The fourth-order valence-electron chi connectivity index (χ4n) is 1.51. The third-order valence-corrected chi connectivity index (χ3v) is 2.47. The highest BCUT2D eigenvalue weighted by molar-refractivity contribution is 5.90. The Balaban J connectivity index is 4.39. The molecule has 0 aromatic heterocycles. The maximum atomic E-state index is 11.7. The van der Waals surface area contributed by atoms with E-state index >= 15 is 0 Å². The normalized spacial score (nSPS) is 14.2. The summed E-state index contributed by atoms with van der Waals surface area (Å²) in [6, 6.07) is -0.474. The van der Waals surface area contributed by atoms with E-state index in [1.54, 1.807) is 6.92 Å². The van der Waals surface area contributed by atoms with Crippen molar-refractivity contribution in [2.75, 3.05) is 0 Å². The molecular formula is C12H22N2O3. The van der Waals surface area contributed by atoms with E-state index in [1.165, 1.54) is 6.92 Å². The molecule has 98 valence electrons. The van der Waals surface area contributed by atoms with Gasteiger partial charge in [0.05, 0.1) is 6.04 Å². The summed E-state index contributed by atoms with van der Waals surface area (Å²) in [4.78, 5) is 33.7. The highest BCUT2D eigenvalue weighted by Gasteiger charge is 2.22. The first-order valence-electron chi connectivity index (χ1n) is 5.83. The Morgan fingerprint density at radius 3 is 2.06 bits per heavy atom. The predicted molar refractivity (Wildman–Crippen MR) is 65.0 cm³/mol. The molecule has 0 aromatic carbocycles. The molecule has 0 fully saturated rings. The van der Waals surface area contributed by atoms with Gasteiger partial charge in [0.25, 0.3) is 0 Å². The first kappa shape index (κ1) is 15.6. The highest BCUT2D eigenvalue weighted by Crippen LogP contribution is 2.08. The molecule has 0 saturated heterocycles. The zero-order valence-corrected chi connectivity index (χ0v) is 10.9. The molecule has 0 spiro atoms. The first-order chi connectivity index (χ1) is 7.73. The lowest BCUT2D eigenvalue weighted by Crippen LogP contribution is -2.43. The summed E-state index contributed by atoms with van der Waals surface area (Å²) in [5.74, 6) is -1.07. The van der Waals surface area contributed by atoms with Crippen molar-refractivity contribution >= 4 is 17.6 Å². The van der Waals surface area contributed by atoms with Crippen LogP contribution in [-0.4, -0.2) is 23.6 Å². The van der Waals surface area contributed by atoms with Crippen molar-refractivity contribution in [3.05, 3.63) is 0 Å².